The predicted molar refractivity (Wildman–Crippen MR) is 66.9 cm³/mol. The minimum absolute atomic E-state index is 0.0624. The van der Waals surface area contributed by atoms with Crippen LogP contribution in [0.4, 0.5) is 0 Å². The molecule has 1 aliphatic carbocycles. The molecule has 2 unspecified atom stereocenters. The highest BCUT2D eigenvalue weighted by Gasteiger charge is 2.31. The SMILES string of the molecule is COC1CCCC1NS(=O)(=O)c1cccc(O)c1. The molecule has 18 heavy (non-hydrogen) atoms. The summed E-state index contributed by atoms with van der Waals surface area (Å²) < 4.78 is 32.1. The van der Waals surface area contributed by atoms with Gasteiger partial charge in [0.15, 0.2) is 0 Å². The van der Waals surface area contributed by atoms with Crippen LogP contribution in [0.25, 0.3) is 0 Å². The third-order valence-electron chi connectivity index (χ3n) is 3.19. The normalized spacial score (nSPS) is 24.3. The Labute approximate surface area is 107 Å². The van der Waals surface area contributed by atoms with E-state index in [9.17, 15) is 13.5 Å². The van der Waals surface area contributed by atoms with E-state index in [0.717, 1.165) is 19.3 Å². The summed E-state index contributed by atoms with van der Waals surface area (Å²) in [4.78, 5) is 0.0734. The standard InChI is InChI=1S/C12H17NO4S/c1-17-12-7-3-6-11(12)13-18(15,16)10-5-2-4-9(14)8-10/h2,4-5,8,11-14H,3,6-7H2,1H3. The van der Waals surface area contributed by atoms with Crippen LogP contribution >= 0.6 is 0 Å². The molecule has 0 spiro atoms. The minimum atomic E-state index is -3.60. The number of hydrogen-bond donors (Lipinski definition) is 2. The zero-order valence-corrected chi connectivity index (χ0v) is 11.0. The summed E-state index contributed by atoms with van der Waals surface area (Å²) in [5.41, 5.74) is 0. The Hall–Kier alpha value is -1.11. The van der Waals surface area contributed by atoms with Crippen molar-refractivity contribution in [1.29, 1.82) is 0 Å². The molecule has 1 fully saturated rings. The lowest BCUT2D eigenvalue weighted by molar-refractivity contribution is 0.0916. The fourth-order valence-electron chi connectivity index (χ4n) is 2.26. The Morgan fingerprint density at radius 3 is 2.83 bits per heavy atom. The lowest BCUT2D eigenvalue weighted by Crippen LogP contribution is -2.40. The maximum Gasteiger partial charge on any atom is 0.241 e. The monoisotopic (exact) mass is 271 g/mol. The summed E-state index contributed by atoms with van der Waals surface area (Å²) >= 11 is 0. The summed E-state index contributed by atoms with van der Waals surface area (Å²) in [5.74, 6) is -0.0624. The van der Waals surface area contributed by atoms with Crippen LogP contribution in [0.2, 0.25) is 0 Å². The number of phenols is 1. The smallest absolute Gasteiger partial charge is 0.241 e. The molecule has 6 heteroatoms. The van der Waals surface area contributed by atoms with Gasteiger partial charge in [-0.05, 0) is 37.5 Å². The second-order valence-electron chi connectivity index (χ2n) is 4.43. The fraction of sp³-hybridized carbons (Fsp3) is 0.500. The predicted octanol–water partition coefficient (Wildman–Crippen LogP) is 1.24. The van der Waals surface area contributed by atoms with Crippen LogP contribution in [-0.2, 0) is 14.8 Å². The molecule has 2 atom stereocenters. The maximum atomic E-state index is 12.1. The molecule has 0 heterocycles. The zero-order valence-electron chi connectivity index (χ0n) is 10.2. The summed E-state index contributed by atoms with van der Waals surface area (Å²) in [6.45, 7) is 0. The van der Waals surface area contributed by atoms with Gasteiger partial charge in [0.25, 0.3) is 0 Å². The molecule has 1 saturated carbocycles. The van der Waals surface area contributed by atoms with Crippen LogP contribution in [0.5, 0.6) is 5.75 Å². The van der Waals surface area contributed by atoms with Crippen molar-refractivity contribution < 1.29 is 18.3 Å². The maximum absolute atomic E-state index is 12.1. The van der Waals surface area contributed by atoms with Gasteiger partial charge in [-0.1, -0.05) is 6.07 Å². The van der Waals surface area contributed by atoms with Crippen LogP contribution in [0.1, 0.15) is 19.3 Å². The molecule has 1 aliphatic rings. The average Bonchev–Trinajstić information content (AvgIpc) is 2.75. The number of ether oxygens (including phenoxy) is 1. The fourth-order valence-corrected chi connectivity index (χ4v) is 3.60. The van der Waals surface area contributed by atoms with E-state index in [-0.39, 0.29) is 22.8 Å². The molecule has 0 radical (unpaired) electrons. The van der Waals surface area contributed by atoms with Crippen LogP contribution in [0, 0.1) is 0 Å². The van der Waals surface area contributed by atoms with Crippen molar-refractivity contribution in [3.8, 4) is 5.75 Å². The van der Waals surface area contributed by atoms with Gasteiger partial charge < -0.3 is 9.84 Å². The first-order valence-electron chi connectivity index (χ1n) is 5.87. The minimum Gasteiger partial charge on any atom is -0.508 e. The first-order valence-corrected chi connectivity index (χ1v) is 7.35. The molecule has 1 aromatic rings. The van der Waals surface area contributed by atoms with Crippen LogP contribution in [0.3, 0.4) is 0 Å². The van der Waals surface area contributed by atoms with Crippen molar-refractivity contribution in [2.24, 2.45) is 0 Å². The highest BCUT2D eigenvalue weighted by atomic mass is 32.2. The molecule has 100 valence electrons. The van der Waals surface area contributed by atoms with Gasteiger partial charge in [-0.25, -0.2) is 13.1 Å². The van der Waals surface area contributed by atoms with Crippen molar-refractivity contribution in [2.75, 3.05) is 7.11 Å². The molecular formula is C12H17NO4S. The van der Waals surface area contributed by atoms with Gasteiger partial charge in [-0.3, -0.25) is 0 Å². The van der Waals surface area contributed by atoms with Gasteiger partial charge in [0.2, 0.25) is 10.0 Å². The van der Waals surface area contributed by atoms with Crippen LogP contribution < -0.4 is 4.72 Å². The number of phenolic OH excluding ortho intramolecular Hbond substituents is 1. The number of sulfonamides is 1. The lowest BCUT2D eigenvalue weighted by atomic mass is 10.2. The largest absolute Gasteiger partial charge is 0.508 e. The molecule has 0 saturated heterocycles. The Morgan fingerprint density at radius 2 is 2.17 bits per heavy atom. The molecule has 0 amide bonds. The Kier molecular flexibility index (Phi) is 3.89. The van der Waals surface area contributed by atoms with Gasteiger partial charge in [0.1, 0.15) is 5.75 Å². The van der Waals surface area contributed by atoms with E-state index in [4.69, 9.17) is 4.74 Å². The Bertz CT molecular complexity index is 515. The molecule has 2 N–H and O–H groups in total. The summed E-state index contributed by atoms with van der Waals surface area (Å²) in [7, 11) is -2.01. The van der Waals surface area contributed by atoms with Crippen molar-refractivity contribution in [2.45, 2.75) is 36.3 Å². The van der Waals surface area contributed by atoms with Gasteiger partial charge >= 0.3 is 0 Å². The van der Waals surface area contributed by atoms with Crippen LogP contribution in [0.15, 0.2) is 29.2 Å². The Morgan fingerprint density at radius 1 is 1.39 bits per heavy atom. The molecule has 0 aromatic heterocycles. The van der Waals surface area contributed by atoms with Gasteiger partial charge in [0, 0.05) is 13.2 Å². The van der Waals surface area contributed by atoms with E-state index >= 15 is 0 Å². The summed E-state index contributed by atoms with van der Waals surface area (Å²) in [5, 5.41) is 9.32. The van der Waals surface area contributed by atoms with E-state index < -0.39 is 10.0 Å². The van der Waals surface area contributed by atoms with E-state index in [0.29, 0.717) is 0 Å². The summed E-state index contributed by atoms with van der Waals surface area (Å²) in [6.07, 6.45) is 2.52. The second-order valence-corrected chi connectivity index (χ2v) is 6.14. The second kappa shape index (κ2) is 5.26. The van der Waals surface area contributed by atoms with Crippen LogP contribution in [-0.4, -0.2) is 32.8 Å². The highest BCUT2D eigenvalue weighted by molar-refractivity contribution is 7.89. The van der Waals surface area contributed by atoms with Crippen molar-refractivity contribution in [3.63, 3.8) is 0 Å². The Balaban J connectivity index is 2.17. The first kappa shape index (κ1) is 13.3. The molecule has 5 nitrogen and oxygen atoms in total. The summed E-state index contributed by atoms with van der Waals surface area (Å²) in [6, 6.07) is 5.44. The average molecular weight is 271 g/mol. The number of benzene rings is 1. The highest BCUT2D eigenvalue weighted by Crippen LogP contribution is 2.24. The molecule has 0 aliphatic heterocycles. The van der Waals surface area contributed by atoms with Gasteiger partial charge in [0.05, 0.1) is 11.0 Å². The third-order valence-corrected chi connectivity index (χ3v) is 4.68. The third kappa shape index (κ3) is 2.82. The lowest BCUT2D eigenvalue weighted by Gasteiger charge is -2.19. The van der Waals surface area contributed by atoms with E-state index in [1.807, 2.05) is 0 Å². The quantitative estimate of drug-likeness (QED) is 0.864. The van der Waals surface area contributed by atoms with Crippen molar-refractivity contribution >= 4 is 10.0 Å². The van der Waals surface area contributed by atoms with E-state index in [1.54, 1.807) is 7.11 Å². The van der Waals surface area contributed by atoms with Crippen molar-refractivity contribution in [1.82, 2.24) is 4.72 Å². The topological polar surface area (TPSA) is 75.6 Å². The zero-order chi connectivity index (χ0) is 13.2. The first-order chi connectivity index (χ1) is 8.53. The van der Waals surface area contributed by atoms with Gasteiger partial charge in [-0.15, -0.1) is 0 Å². The molecular weight excluding hydrogens is 254 g/mol. The van der Waals surface area contributed by atoms with E-state index in [2.05, 4.69) is 4.72 Å². The number of aromatic hydroxyl groups is 1. The molecule has 1 aromatic carbocycles. The number of nitrogens with one attached hydrogen (secondary N) is 1. The van der Waals surface area contributed by atoms with Crippen molar-refractivity contribution in [3.05, 3.63) is 24.3 Å². The van der Waals surface area contributed by atoms with Gasteiger partial charge in [-0.2, -0.15) is 0 Å². The number of rotatable bonds is 4. The molecule has 0 bridgehead atoms. The van der Waals surface area contributed by atoms with E-state index in [1.165, 1.54) is 24.3 Å². The number of methoxy groups -OCH3 is 1. The number of hydrogen-bond acceptors (Lipinski definition) is 4. The molecule has 2 rings (SSSR count).